The van der Waals surface area contributed by atoms with Crippen molar-refractivity contribution in [2.75, 3.05) is 33.4 Å². The SMILES string of the molecule is COCCNCCNC(=O)c1ncoc1C.Cl. The van der Waals surface area contributed by atoms with E-state index >= 15 is 0 Å². The van der Waals surface area contributed by atoms with E-state index in [4.69, 9.17) is 9.15 Å². The number of rotatable bonds is 7. The highest BCUT2D eigenvalue weighted by Crippen LogP contribution is 2.03. The molecule has 1 heterocycles. The molecule has 0 aliphatic carbocycles. The molecule has 2 N–H and O–H groups in total. The number of hydrogen-bond acceptors (Lipinski definition) is 5. The summed E-state index contributed by atoms with van der Waals surface area (Å²) in [6, 6.07) is 0. The quantitative estimate of drug-likeness (QED) is 0.695. The van der Waals surface area contributed by atoms with Gasteiger partial charge in [-0.05, 0) is 6.92 Å². The van der Waals surface area contributed by atoms with E-state index in [9.17, 15) is 4.79 Å². The van der Waals surface area contributed by atoms with E-state index in [-0.39, 0.29) is 18.3 Å². The predicted octanol–water partition coefficient (Wildman–Crippen LogP) is 0.371. The zero-order valence-corrected chi connectivity index (χ0v) is 10.8. The molecule has 7 heteroatoms. The Morgan fingerprint density at radius 1 is 1.47 bits per heavy atom. The molecule has 0 aromatic carbocycles. The van der Waals surface area contributed by atoms with Crippen LogP contribution >= 0.6 is 12.4 Å². The third kappa shape index (κ3) is 5.67. The van der Waals surface area contributed by atoms with Gasteiger partial charge in [0.25, 0.3) is 5.91 Å². The minimum Gasteiger partial charge on any atom is -0.448 e. The Hall–Kier alpha value is -1.11. The summed E-state index contributed by atoms with van der Waals surface area (Å²) in [4.78, 5) is 15.4. The fraction of sp³-hybridized carbons (Fsp3) is 0.600. The van der Waals surface area contributed by atoms with Gasteiger partial charge in [0, 0.05) is 26.7 Å². The van der Waals surface area contributed by atoms with Crippen LogP contribution in [0.2, 0.25) is 0 Å². The van der Waals surface area contributed by atoms with Gasteiger partial charge in [-0.1, -0.05) is 0 Å². The molecule has 1 amide bonds. The number of hydrogen-bond donors (Lipinski definition) is 2. The second-order valence-corrected chi connectivity index (χ2v) is 3.26. The van der Waals surface area contributed by atoms with Crippen molar-refractivity contribution in [3.63, 3.8) is 0 Å². The first kappa shape index (κ1) is 15.9. The molecule has 0 unspecified atom stereocenters. The summed E-state index contributed by atoms with van der Waals surface area (Å²) in [7, 11) is 1.65. The number of aryl methyl sites for hydroxylation is 1. The summed E-state index contributed by atoms with van der Waals surface area (Å²) in [5.74, 6) is 0.324. The van der Waals surface area contributed by atoms with Crippen molar-refractivity contribution < 1.29 is 13.9 Å². The molecule has 1 aromatic heterocycles. The molecule has 6 nitrogen and oxygen atoms in total. The van der Waals surface area contributed by atoms with Crippen molar-refractivity contribution in [3.8, 4) is 0 Å². The van der Waals surface area contributed by atoms with Crippen LogP contribution in [0.5, 0.6) is 0 Å². The second-order valence-electron chi connectivity index (χ2n) is 3.26. The third-order valence-corrected chi connectivity index (χ3v) is 2.03. The number of halogens is 1. The smallest absolute Gasteiger partial charge is 0.273 e. The summed E-state index contributed by atoms with van der Waals surface area (Å²) in [6.45, 7) is 4.39. The van der Waals surface area contributed by atoms with Crippen LogP contribution in [0.1, 0.15) is 16.2 Å². The topological polar surface area (TPSA) is 76.4 Å². The molecule has 0 radical (unpaired) electrons. The van der Waals surface area contributed by atoms with Gasteiger partial charge < -0.3 is 19.8 Å². The maximum Gasteiger partial charge on any atom is 0.273 e. The lowest BCUT2D eigenvalue weighted by molar-refractivity contribution is 0.0948. The largest absolute Gasteiger partial charge is 0.448 e. The first-order valence-electron chi connectivity index (χ1n) is 5.13. The van der Waals surface area contributed by atoms with Crippen molar-refractivity contribution in [2.24, 2.45) is 0 Å². The molecule has 0 saturated carbocycles. The summed E-state index contributed by atoms with van der Waals surface area (Å²) in [5, 5.41) is 5.86. The minimum atomic E-state index is -0.209. The molecule has 1 aromatic rings. The lowest BCUT2D eigenvalue weighted by Crippen LogP contribution is -2.33. The van der Waals surface area contributed by atoms with E-state index in [1.54, 1.807) is 14.0 Å². The Morgan fingerprint density at radius 2 is 2.24 bits per heavy atom. The van der Waals surface area contributed by atoms with Crippen LogP contribution in [0.25, 0.3) is 0 Å². The Balaban J connectivity index is 0.00000256. The van der Waals surface area contributed by atoms with Gasteiger partial charge in [-0.3, -0.25) is 4.79 Å². The lowest BCUT2D eigenvalue weighted by atomic mass is 10.3. The zero-order valence-electron chi connectivity index (χ0n) is 9.99. The van der Waals surface area contributed by atoms with Crippen LogP contribution < -0.4 is 10.6 Å². The van der Waals surface area contributed by atoms with Gasteiger partial charge >= 0.3 is 0 Å². The van der Waals surface area contributed by atoms with Crippen LogP contribution in [0, 0.1) is 6.92 Å². The fourth-order valence-electron chi connectivity index (χ4n) is 1.17. The summed E-state index contributed by atoms with van der Waals surface area (Å²) in [5.41, 5.74) is 0.344. The number of aromatic nitrogens is 1. The average molecular weight is 264 g/mol. The number of nitrogens with zero attached hydrogens (tertiary/aromatic N) is 1. The van der Waals surface area contributed by atoms with E-state index in [2.05, 4.69) is 15.6 Å². The minimum absolute atomic E-state index is 0. The highest BCUT2D eigenvalue weighted by atomic mass is 35.5. The molecular weight excluding hydrogens is 246 g/mol. The highest BCUT2D eigenvalue weighted by molar-refractivity contribution is 5.92. The number of carbonyl (C=O) groups is 1. The van der Waals surface area contributed by atoms with Crippen molar-refractivity contribution >= 4 is 18.3 Å². The zero-order chi connectivity index (χ0) is 11.8. The maximum absolute atomic E-state index is 11.5. The van der Waals surface area contributed by atoms with Crippen molar-refractivity contribution in [1.82, 2.24) is 15.6 Å². The number of amides is 1. The van der Waals surface area contributed by atoms with E-state index < -0.39 is 0 Å². The van der Waals surface area contributed by atoms with Gasteiger partial charge in [-0.15, -0.1) is 12.4 Å². The molecule has 0 bridgehead atoms. The standard InChI is InChI=1S/C10H17N3O3.ClH/c1-8-9(13-7-16-8)10(14)12-4-3-11-5-6-15-2;/h7,11H,3-6H2,1-2H3,(H,12,14);1H. The van der Waals surface area contributed by atoms with Crippen molar-refractivity contribution in [1.29, 1.82) is 0 Å². The van der Waals surface area contributed by atoms with E-state index in [0.717, 1.165) is 6.54 Å². The van der Waals surface area contributed by atoms with Gasteiger partial charge in [0.15, 0.2) is 12.1 Å². The molecule has 0 atom stereocenters. The average Bonchev–Trinajstić information content (AvgIpc) is 2.69. The molecule has 0 fully saturated rings. The number of methoxy groups -OCH3 is 1. The molecule has 0 aliphatic rings. The summed E-state index contributed by atoms with van der Waals surface area (Å²) in [6.07, 6.45) is 1.26. The van der Waals surface area contributed by atoms with E-state index in [1.807, 2.05) is 0 Å². The number of ether oxygens (including phenoxy) is 1. The Bertz CT molecular complexity index is 330. The monoisotopic (exact) mass is 263 g/mol. The fourth-order valence-corrected chi connectivity index (χ4v) is 1.17. The predicted molar refractivity (Wildman–Crippen MR) is 65.6 cm³/mol. The van der Waals surface area contributed by atoms with E-state index in [0.29, 0.717) is 31.2 Å². The van der Waals surface area contributed by atoms with Gasteiger partial charge in [0.1, 0.15) is 5.76 Å². The van der Waals surface area contributed by atoms with Gasteiger partial charge in [-0.25, -0.2) is 4.98 Å². The molecule has 0 aliphatic heterocycles. The van der Waals surface area contributed by atoms with Gasteiger partial charge in [0.2, 0.25) is 0 Å². The maximum atomic E-state index is 11.5. The Kier molecular flexibility index (Phi) is 8.39. The molecular formula is C10H18ClN3O3. The van der Waals surface area contributed by atoms with Crippen LogP contribution in [0.4, 0.5) is 0 Å². The first-order valence-corrected chi connectivity index (χ1v) is 5.13. The Labute approximate surface area is 107 Å². The van der Waals surface area contributed by atoms with Crippen molar-refractivity contribution in [3.05, 3.63) is 17.8 Å². The normalized spacial score (nSPS) is 9.76. The van der Waals surface area contributed by atoms with E-state index in [1.165, 1.54) is 6.39 Å². The van der Waals surface area contributed by atoms with Crippen LogP contribution in [-0.4, -0.2) is 44.2 Å². The van der Waals surface area contributed by atoms with Gasteiger partial charge in [-0.2, -0.15) is 0 Å². The molecule has 98 valence electrons. The summed E-state index contributed by atoms with van der Waals surface area (Å²) < 4.78 is 9.81. The lowest BCUT2D eigenvalue weighted by Gasteiger charge is -2.05. The van der Waals surface area contributed by atoms with Crippen LogP contribution in [0.3, 0.4) is 0 Å². The summed E-state index contributed by atoms with van der Waals surface area (Å²) >= 11 is 0. The Morgan fingerprint density at radius 3 is 2.82 bits per heavy atom. The highest BCUT2D eigenvalue weighted by Gasteiger charge is 2.11. The van der Waals surface area contributed by atoms with Gasteiger partial charge in [0.05, 0.1) is 6.61 Å². The number of nitrogens with one attached hydrogen (secondary N) is 2. The van der Waals surface area contributed by atoms with Crippen LogP contribution in [0.15, 0.2) is 10.8 Å². The van der Waals surface area contributed by atoms with Crippen molar-refractivity contribution in [2.45, 2.75) is 6.92 Å². The number of oxazole rings is 1. The molecule has 1 rings (SSSR count). The van der Waals surface area contributed by atoms with Crippen LogP contribution in [-0.2, 0) is 4.74 Å². The first-order chi connectivity index (χ1) is 7.75. The molecule has 17 heavy (non-hydrogen) atoms. The number of carbonyl (C=O) groups excluding carboxylic acids is 1. The second kappa shape index (κ2) is 8.98. The third-order valence-electron chi connectivity index (χ3n) is 2.03. The molecule has 0 spiro atoms. The molecule has 0 saturated heterocycles.